The zero-order valence-electron chi connectivity index (χ0n) is 11.0. The Morgan fingerprint density at radius 3 is 2.52 bits per heavy atom. The zero-order valence-corrected chi connectivity index (χ0v) is 11.0. The first-order valence-corrected chi connectivity index (χ1v) is 5.84. The lowest BCUT2D eigenvalue weighted by atomic mass is 10.0. The van der Waals surface area contributed by atoms with Crippen LogP contribution in [0.4, 0.5) is 18.9 Å². The molecule has 9 heteroatoms. The molecule has 0 spiro atoms. The van der Waals surface area contributed by atoms with Gasteiger partial charge in [-0.15, -0.1) is 13.2 Å². The second-order valence-corrected chi connectivity index (χ2v) is 3.94. The number of halogens is 3. The van der Waals surface area contributed by atoms with Crippen LogP contribution >= 0.6 is 0 Å². The summed E-state index contributed by atoms with van der Waals surface area (Å²) < 4.78 is 45.5. The second-order valence-electron chi connectivity index (χ2n) is 3.94. The lowest BCUT2D eigenvalue weighted by Gasteiger charge is -2.18. The highest BCUT2D eigenvalue weighted by Gasteiger charge is 2.33. The fourth-order valence-corrected chi connectivity index (χ4v) is 1.57. The first-order valence-electron chi connectivity index (χ1n) is 5.84. The number of alkyl halides is 3. The van der Waals surface area contributed by atoms with Gasteiger partial charge in [0, 0.05) is 11.3 Å². The molecule has 1 aromatic carbocycles. The number of carbonyl (C=O) groups is 1. The number of benzene rings is 1. The number of nitrogens with two attached hydrogens (primary N) is 1. The summed E-state index contributed by atoms with van der Waals surface area (Å²) in [5, 5.41) is 18.3. The Morgan fingerprint density at radius 1 is 1.43 bits per heavy atom. The number of ether oxygens (including phenoxy) is 2. The molecule has 0 heterocycles. The number of hydrogen-bond acceptors (Lipinski definition) is 6. The number of anilines is 1. The quantitative estimate of drug-likeness (QED) is 0.561. The lowest BCUT2D eigenvalue weighted by Crippen LogP contribution is -2.20. The van der Waals surface area contributed by atoms with Crippen molar-refractivity contribution in [1.82, 2.24) is 0 Å². The van der Waals surface area contributed by atoms with Crippen LogP contribution < -0.4 is 10.5 Å². The van der Waals surface area contributed by atoms with Gasteiger partial charge in [-0.25, -0.2) is 4.79 Å². The molecule has 0 radical (unpaired) electrons. The van der Waals surface area contributed by atoms with Crippen molar-refractivity contribution in [3.63, 3.8) is 0 Å². The number of aliphatic hydroxyl groups is 2. The van der Waals surface area contributed by atoms with E-state index >= 15 is 0 Å². The number of esters is 1. The van der Waals surface area contributed by atoms with Gasteiger partial charge < -0.3 is 25.4 Å². The minimum absolute atomic E-state index is 0.00868. The van der Waals surface area contributed by atoms with Crippen LogP contribution in [-0.4, -0.2) is 35.8 Å². The summed E-state index contributed by atoms with van der Waals surface area (Å²) in [5.74, 6) is -1.76. The van der Waals surface area contributed by atoms with Gasteiger partial charge in [-0.05, 0) is 19.1 Å². The largest absolute Gasteiger partial charge is 0.573 e. The first kappa shape index (κ1) is 17.1. The van der Waals surface area contributed by atoms with Crippen molar-refractivity contribution in [2.45, 2.75) is 19.4 Å². The molecule has 0 aliphatic heterocycles. The molecule has 1 rings (SSSR count). The average molecular weight is 309 g/mol. The maximum atomic E-state index is 12.4. The Hall–Kier alpha value is -2.00. The molecule has 6 nitrogen and oxygen atoms in total. The first-order chi connectivity index (χ1) is 9.69. The number of nitrogen functional groups attached to an aromatic ring is 1. The minimum Gasteiger partial charge on any atom is -0.462 e. The fourth-order valence-electron chi connectivity index (χ4n) is 1.57. The number of hydrogen-bond donors (Lipinski definition) is 3. The molecule has 0 saturated heterocycles. The molecule has 1 unspecified atom stereocenters. The summed E-state index contributed by atoms with van der Waals surface area (Å²) in [6.07, 6.45) is -6.67. The van der Waals surface area contributed by atoms with Crippen LogP contribution in [0.2, 0.25) is 0 Å². The van der Waals surface area contributed by atoms with Crippen molar-refractivity contribution in [1.29, 1.82) is 0 Å². The highest BCUT2D eigenvalue weighted by atomic mass is 19.4. The second kappa shape index (κ2) is 6.64. The number of carbonyl (C=O) groups excluding carboxylic acids is 1. The van der Waals surface area contributed by atoms with E-state index in [1.54, 1.807) is 0 Å². The Bertz CT molecular complexity index is 518. The smallest absolute Gasteiger partial charge is 0.462 e. The van der Waals surface area contributed by atoms with Crippen LogP contribution in [0.15, 0.2) is 12.1 Å². The molecule has 0 bridgehead atoms. The molecule has 0 aliphatic carbocycles. The van der Waals surface area contributed by atoms with Gasteiger partial charge in [-0.2, -0.15) is 0 Å². The van der Waals surface area contributed by atoms with Crippen molar-refractivity contribution in [2.75, 3.05) is 18.9 Å². The molecule has 4 N–H and O–H groups in total. The van der Waals surface area contributed by atoms with Crippen LogP contribution in [-0.2, 0) is 4.74 Å². The number of aliphatic hydroxyl groups excluding tert-OH is 2. The summed E-state index contributed by atoms with van der Waals surface area (Å²) in [6, 6.07) is 1.64. The summed E-state index contributed by atoms with van der Waals surface area (Å²) in [6.45, 7) is 0.687. The number of rotatable bonds is 5. The van der Waals surface area contributed by atoms with E-state index in [-0.39, 0.29) is 23.4 Å². The van der Waals surface area contributed by atoms with Crippen molar-refractivity contribution in [3.05, 3.63) is 23.3 Å². The van der Waals surface area contributed by atoms with E-state index in [2.05, 4.69) is 9.47 Å². The fraction of sp³-hybridized carbons (Fsp3) is 0.417. The highest BCUT2D eigenvalue weighted by Crippen LogP contribution is 2.34. The van der Waals surface area contributed by atoms with E-state index in [4.69, 9.17) is 10.8 Å². The minimum atomic E-state index is -5.04. The van der Waals surface area contributed by atoms with Crippen molar-refractivity contribution >= 4 is 11.7 Å². The molecular formula is C12H14F3NO5. The molecule has 118 valence electrons. The van der Waals surface area contributed by atoms with Gasteiger partial charge in [0.15, 0.2) is 0 Å². The monoisotopic (exact) mass is 309 g/mol. The predicted octanol–water partition coefficient (Wildman–Crippen LogP) is 1.37. The summed E-state index contributed by atoms with van der Waals surface area (Å²) in [7, 11) is 0. The van der Waals surface area contributed by atoms with Gasteiger partial charge in [-0.1, -0.05) is 0 Å². The van der Waals surface area contributed by atoms with E-state index < -0.39 is 30.8 Å². The van der Waals surface area contributed by atoms with E-state index in [1.807, 2.05) is 0 Å². The molecule has 21 heavy (non-hydrogen) atoms. The molecule has 0 aromatic heterocycles. The normalized spacial score (nSPS) is 12.9. The SMILES string of the molecule is CCOC(=O)c1cc(OC(F)(F)F)c(C(O)CO)cc1N. The zero-order chi connectivity index (χ0) is 16.2. The molecule has 1 atom stereocenters. The van der Waals surface area contributed by atoms with Gasteiger partial charge in [0.2, 0.25) is 0 Å². The van der Waals surface area contributed by atoms with Gasteiger partial charge in [0.25, 0.3) is 0 Å². The van der Waals surface area contributed by atoms with Gasteiger partial charge in [0.05, 0.1) is 18.8 Å². The molecule has 0 fully saturated rings. The van der Waals surface area contributed by atoms with Crippen molar-refractivity contribution < 1.29 is 37.7 Å². The molecule has 0 aliphatic rings. The van der Waals surface area contributed by atoms with Crippen LogP contribution in [0.25, 0.3) is 0 Å². The van der Waals surface area contributed by atoms with E-state index in [9.17, 15) is 23.1 Å². The third-order valence-corrected chi connectivity index (χ3v) is 2.43. The Balaban J connectivity index is 3.33. The van der Waals surface area contributed by atoms with Gasteiger partial charge in [0.1, 0.15) is 11.9 Å². The predicted molar refractivity (Wildman–Crippen MR) is 65.5 cm³/mol. The average Bonchev–Trinajstić information content (AvgIpc) is 2.38. The van der Waals surface area contributed by atoms with Crippen LogP contribution in [0.3, 0.4) is 0 Å². The third-order valence-electron chi connectivity index (χ3n) is 2.43. The molecule has 1 aromatic rings. The molecular weight excluding hydrogens is 295 g/mol. The Kier molecular flexibility index (Phi) is 5.39. The Labute approximate surface area is 117 Å². The maximum Gasteiger partial charge on any atom is 0.573 e. The van der Waals surface area contributed by atoms with E-state index in [1.165, 1.54) is 6.92 Å². The third kappa shape index (κ3) is 4.50. The lowest BCUT2D eigenvalue weighted by molar-refractivity contribution is -0.275. The van der Waals surface area contributed by atoms with Gasteiger partial charge in [-0.3, -0.25) is 0 Å². The standard InChI is InChI=1S/C12H14F3NO5/c1-2-20-11(19)6-4-10(21-12(13,14)15)7(3-8(6)16)9(18)5-17/h3-4,9,17-18H,2,5,16H2,1H3. The van der Waals surface area contributed by atoms with Crippen molar-refractivity contribution in [2.24, 2.45) is 0 Å². The topological polar surface area (TPSA) is 102 Å². The highest BCUT2D eigenvalue weighted by molar-refractivity contribution is 5.95. The molecule has 0 saturated carbocycles. The Morgan fingerprint density at radius 2 is 2.05 bits per heavy atom. The molecule has 0 amide bonds. The van der Waals surface area contributed by atoms with Crippen LogP contribution in [0.1, 0.15) is 28.9 Å². The van der Waals surface area contributed by atoms with Crippen LogP contribution in [0.5, 0.6) is 5.75 Å². The summed E-state index contributed by atoms with van der Waals surface area (Å²) in [5.41, 5.74) is 4.63. The van der Waals surface area contributed by atoms with Crippen LogP contribution in [0, 0.1) is 0 Å². The van der Waals surface area contributed by atoms with E-state index in [0.29, 0.717) is 0 Å². The maximum absolute atomic E-state index is 12.4. The van der Waals surface area contributed by atoms with E-state index in [0.717, 1.165) is 12.1 Å². The summed E-state index contributed by atoms with van der Waals surface area (Å²) >= 11 is 0. The van der Waals surface area contributed by atoms with Crippen molar-refractivity contribution in [3.8, 4) is 5.75 Å². The summed E-state index contributed by atoms with van der Waals surface area (Å²) in [4.78, 5) is 11.6. The van der Waals surface area contributed by atoms with Gasteiger partial charge >= 0.3 is 12.3 Å².